The van der Waals surface area contributed by atoms with Crippen LogP contribution in [0.3, 0.4) is 0 Å². The van der Waals surface area contributed by atoms with Crippen molar-refractivity contribution in [3.63, 3.8) is 0 Å². The molecule has 0 amide bonds. The topological polar surface area (TPSA) is 72.5 Å². The predicted octanol–water partition coefficient (Wildman–Crippen LogP) is -0.202. The lowest BCUT2D eigenvalue weighted by atomic mass is 10.4. The van der Waals surface area contributed by atoms with Gasteiger partial charge < -0.3 is 5.73 Å². The first-order valence-electron chi connectivity index (χ1n) is 3.42. The Bertz CT molecular complexity index is 231. The molecule has 0 bridgehead atoms. The van der Waals surface area contributed by atoms with Crippen LogP contribution in [-0.4, -0.2) is 32.8 Å². The van der Waals surface area contributed by atoms with Crippen molar-refractivity contribution in [3.05, 3.63) is 0 Å². The van der Waals surface area contributed by atoms with Crippen LogP contribution in [-0.2, 0) is 9.84 Å². The molecule has 5 heteroatoms. The summed E-state index contributed by atoms with van der Waals surface area (Å²) in [6, 6.07) is 0. The van der Waals surface area contributed by atoms with Gasteiger partial charge in [0.05, 0.1) is 18.1 Å². The van der Waals surface area contributed by atoms with E-state index in [9.17, 15) is 8.42 Å². The second-order valence-corrected chi connectivity index (χ2v) is 4.62. The van der Waals surface area contributed by atoms with E-state index in [1.54, 1.807) is 0 Å². The molecule has 2 N–H and O–H groups in total. The van der Waals surface area contributed by atoms with E-state index in [-0.39, 0.29) is 12.3 Å². The van der Waals surface area contributed by atoms with Gasteiger partial charge in [-0.2, -0.15) is 0 Å². The first kappa shape index (κ1) is 10.4. The van der Waals surface area contributed by atoms with Crippen LogP contribution in [0.1, 0.15) is 13.3 Å². The van der Waals surface area contributed by atoms with E-state index in [0.29, 0.717) is 12.3 Å². The Labute approximate surface area is 67.4 Å². The second-order valence-electron chi connectivity index (χ2n) is 2.36. The molecule has 0 spiro atoms. The minimum Gasteiger partial charge on any atom is -0.387 e. The molecule has 11 heavy (non-hydrogen) atoms. The van der Waals surface area contributed by atoms with Gasteiger partial charge in [-0.15, -0.1) is 0 Å². The Kier molecular flexibility index (Phi) is 4.10. The second kappa shape index (κ2) is 4.33. The summed E-state index contributed by atoms with van der Waals surface area (Å²) in [5, 5.41) is 0. The van der Waals surface area contributed by atoms with Crippen molar-refractivity contribution in [3.8, 4) is 0 Å². The minimum atomic E-state index is -2.89. The highest BCUT2D eigenvalue weighted by Crippen LogP contribution is 1.84. The molecular weight excluding hydrogens is 164 g/mol. The third-order valence-electron chi connectivity index (χ3n) is 1.14. The molecule has 0 rings (SSSR count). The molecule has 0 aliphatic rings. The first-order valence-corrected chi connectivity index (χ1v) is 5.48. The normalized spacial score (nSPS) is 13.5. The molecule has 66 valence electrons. The van der Waals surface area contributed by atoms with Gasteiger partial charge in [-0.1, -0.05) is 6.92 Å². The van der Waals surface area contributed by atoms with Crippen LogP contribution < -0.4 is 5.73 Å². The largest absolute Gasteiger partial charge is 0.387 e. The van der Waals surface area contributed by atoms with Gasteiger partial charge >= 0.3 is 0 Å². The van der Waals surface area contributed by atoms with Crippen molar-refractivity contribution in [1.82, 2.24) is 0 Å². The quantitative estimate of drug-likeness (QED) is 0.478. The van der Waals surface area contributed by atoms with Crippen LogP contribution in [0.2, 0.25) is 0 Å². The fourth-order valence-electron chi connectivity index (χ4n) is 0.467. The Morgan fingerprint density at radius 1 is 1.55 bits per heavy atom. The average molecular weight is 178 g/mol. The Morgan fingerprint density at radius 2 is 2.09 bits per heavy atom. The summed E-state index contributed by atoms with van der Waals surface area (Å²) in [6.45, 7) is 2.15. The SMILES string of the molecule is CCC(N)=NCCS(C)(=O)=O. The lowest BCUT2D eigenvalue weighted by Crippen LogP contribution is -2.13. The molecule has 4 nitrogen and oxygen atoms in total. The van der Waals surface area contributed by atoms with Gasteiger partial charge in [-0.25, -0.2) is 8.42 Å². The van der Waals surface area contributed by atoms with Gasteiger partial charge in [0.1, 0.15) is 9.84 Å². The van der Waals surface area contributed by atoms with E-state index in [2.05, 4.69) is 4.99 Å². The molecule has 0 radical (unpaired) electrons. The zero-order valence-electron chi connectivity index (χ0n) is 6.87. The van der Waals surface area contributed by atoms with E-state index >= 15 is 0 Å². The van der Waals surface area contributed by atoms with E-state index in [1.165, 1.54) is 6.26 Å². The van der Waals surface area contributed by atoms with Crippen LogP contribution in [0.5, 0.6) is 0 Å². The van der Waals surface area contributed by atoms with Crippen molar-refractivity contribution >= 4 is 15.7 Å². The van der Waals surface area contributed by atoms with Crippen molar-refractivity contribution in [2.75, 3.05) is 18.6 Å². The van der Waals surface area contributed by atoms with Crippen molar-refractivity contribution < 1.29 is 8.42 Å². The summed E-state index contributed by atoms with van der Waals surface area (Å²) in [4.78, 5) is 3.84. The van der Waals surface area contributed by atoms with E-state index in [0.717, 1.165) is 0 Å². The molecule has 0 aliphatic heterocycles. The molecule has 0 heterocycles. The highest BCUT2D eigenvalue weighted by molar-refractivity contribution is 7.90. The average Bonchev–Trinajstić information content (AvgIpc) is 1.85. The summed E-state index contributed by atoms with van der Waals surface area (Å²) in [7, 11) is -2.89. The van der Waals surface area contributed by atoms with Gasteiger partial charge in [0, 0.05) is 12.7 Å². The van der Waals surface area contributed by atoms with E-state index in [4.69, 9.17) is 5.73 Å². The molecule has 0 aliphatic carbocycles. The Balaban J connectivity index is 3.75. The number of sulfone groups is 1. The smallest absolute Gasteiger partial charge is 0.149 e. The molecule has 0 saturated carbocycles. The van der Waals surface area contributed by atoms with Crippen LogP contribution in [0.4, 0.5) is 0 Å². The van der Waals surface area contributed by atoms with Gasteiger partial charge in [0.25, 0.3) is 0 Å². The number of hydrogen-bond acceptors (Lipinski definition) is 3. The van der Waals surface area contributed by atoms with E-state index < -0.39 is 9.84 Å². The third kappa shape index (κ3) is 7.32. The maximum atomic E-state index is 10.6. The lowest BCUT2D eigenvalue weighted by molar-refractivity contribution is 0.601. The number of aliphatic imine (C=N–C) groups is 1. The molecule has 0 unspecified atom stereocenters. The summed E-state index contributed by atoms with van der Waals surface area (Å²) >= 11 is 0. The molecular formula is C6H14N2O2S. The first-order chi connectivity index (χ1) is 4.95. The molecule has 0 aromatic rings. The van der Waals surface area contributed by atoms with Gasteiger partial charge in [0.2, 0.25) is 0 Å². The van der Waals surface area contributed by atoms with Crippen molar-refractivity contribution in [1.29, 1.82) is 0 Å². The van der Waals surface area contributed by atoms with Crippen LogP contribution in [0.25, 0.3) is 0 Å². The minimum absolute atomic E-state index is 0.0771. The number of amidine groups is 1. The number of hydrogen-bond donors (Lipinski definition) is 1. The number of nitrogens with zero attached hydrogens (tertiary/aromatic N) is 1. The Morgan fingerprint density at radius 3 is 2.45 bits per heavy atom. The molecule has 0 saturated heterocycles. The zero-order chi connectivity index (χ0) is 8.91. The van der Waals surface area contributed by atoms with Crippen LogP contribution in [0, 0.1) is 0 Å². The zero-order valence-corrected chi connectivity index (χ0v) is 7.69. The standard InChI is InChI=1S/C6H14N2O2S/c1-3-6(7)8-4-5-11(2,9)10/h3-5H2,1-2H3,(H2,7,8). The molecule has 0 aromatic carbocycles. The van der Waals surface area contributed by atoms with Gasteiger partial charge in [0.15, 0.2) is 0 Å². The maximum absolute atomic E-state index is 10.6. The Hall–Kier alpha value is -0.580. The lowest BCUT2D eigenvalue weighted by Gasteiger charge is -1.95. The van der Waals surface area contributed by atoms with Crippen LogP contribution >= 0.6 is 0 Å². The fourth-order valence-corrected chi connectivity index (χ4v) is 0.890. The highest BCUT2D eigenvalue weighted by Gasteiger charge is 1.99. The fraction of sp³-hybridized carbons (Fsp3) is 0.833. The monoisotopic (exact) mass is 178 g/mol. The van der Waals surface area contributed by atoms with E-state index in [1.807, 2.05) is 6.92 Å². The molecule has 0 fully saturated rings. The maximum Gasteiger partial charge on any atom is 0.149 e. The summed E-state index contributed by atoms with van der Waals surface area (Å²) in [5.74, 6) is 0.585. The van der Waals surface area contributed by atoms with Crippen LogP contribution in [0.15, 0.2) is 4.99 Å². The van der Waals surface area contributed by atoms with Crippen molar-refractivity contribution in [2.45, 2.75) is 13.3 Å². The third-order valence-corrected chi connectivity index (χ3v) is 2.06. The highest BCUT2D eigenvalue weighted by atomic mass is 32.2. The predicted molar refractivity (Wildman–Crippen MR) is 46.5 cm³/mol. The summed E-state index contributed by atoms with van der Waals surface area (Å²) < 4.78 is 21.2. The number of rotatable bonds is 4. The summed E-state index contributed by atoms with van der Waals surface area (Å²) in [5.41, 5.74) is 5.36. The molecule has 0 atom stereocenters. The van der Waals surface area contributed by atoms with Gasteiger partial charge in [-0.3, -0.25) is 4.99 Å². The van der Waals surface area contributed by atoms with Crippen molar-refractivity contribution in [2.24, 2.45) is 10.7 Å². The van der Waals surface area contributed by atoms with Gasteiger partial charge in [-0.05, 0) is 0 Å². The number of nitrogens with two attached hydrogens (primary N) is 1. The molecule has 0 aromatic heterocycles. The summed E-state index contributed by atoms with van der Waals surface area (Å²) in [6.07, 6.45) is 1.86.